The van der Waals surface area contributed by atoms with Gasteiger partial charge in [-0.05, 0) is 43.3 Å². The number of esters is 1. The van der Waals surface area contributed by atoms with E-state index in [2.05, 4.69) is 5.10 Å². The summed E-state index contributed by atoms with van der Waals surface area (Å²) in [4.78, 5) is 12.3. The third kappa shape index (κ3) is 5.03. The van der Waals surface area contributed by atoms with Gasteiger partial charge < -0.3 is 4.74 Å². The molecule has 1 aromatic heterocycles. The summed E-state index contributed by atoms with van der Waals surface area (Å²) in [5.41, 5.74) is 1.78. The van der Waals surface area contributed by atoms with Crippen molar-refractivity contribution in [2.75, 3.05) is 18.0 Å². The molecule has 0 bridgehead atoms. The fourth-order valence-corrected chi connectivity index (χ4v) is 3.98. The van der Waals surface area contributed by atoms with E-state index in [0.717, 1.165) is 5.56 Å². The SMILES string of the molecule is Cc1ccc(N(C)S(=O)(=O)c2cccc(C(=O)OCCCn3cccn3)c2)cc1. The Labute approximate surface area is 170 Å². The number of carbonyl (C=O) groups is 1. The van der Waals surface area contributed by atoms with Gasteiger partial charge in [0.1, 0.15) is 0 Å². The molecule has 0 fully saturated rings. The molecule has 0 unspecified atom stereocenters. The fourth-order valence-electron chi connectivity index (χ4n) is 2.74. The van der Waals surface area contributed by atoms with E-state index in [1.54, 1.807) is 29.1 Å². The number of carbonyl (C=O) groups excluding carboxylic acids is 1. The first-order valence-corrected chi connectivity index (χ1v) is 10.6. The first-order chi connectivity index (χ1) is 13.9. The van der Waals surface area contributed by atoms with E-state index in [-0.39, 0.29) is 17.1 Å². The van der Waals surface area contributed by atoms with Gasteiger partial charge in [0, 0.05) is 32.4 Å². The molecule has 0 aliphatic carbocycles. The van der Waals surface area contributed by atoms with Gasteiger partial charge in [-0.3, -0.25) is 8.99 Å². The molecule has 0 aliphatic heterocycles. The van der Waals surface area contributed by atoms with Crippen LogP contribution in [0.3, 0.4) is 0 Å². The van der Waals surface area contributed by atoms with Gasteiger partial charge in [-0.15, -0.1) is 0 Å². The number of sulfonamides is 1. The smallest absolute Gasteiger partial charge is 0.338 e. The van der Waals surface area contributed by atoms with Crippen molar-refractivity contribution in [3.63, 3.8) is 0 Å². The second kappa shape index (κ2) is 8.91. The van der Waals surface area contributed by atoms with Crippen molar-refractivity contribution in [1.29, 1.82) is 0 Å². The van der Waals surface area contributed by atoms with E-state index in [1.165, 1.54) is 29.6 Å². The van der Waals surface area contributed by atoms with Crippen LogP contribution in [0.1, 0.15) is 22.3 Å². The van der Waals surface area contributed by atoms with Crippen LogP contribution in [-0.4, -0.2) is 37.8 Å². The maximum Gasteiger partial charge on any atom is 0.338 e. The van der Waals surface area contributed by atoms with Gasteiger partial charge in [-0.25, -0.2) is 13.2 Å². The van der Waals surface area contributed by atoms with E-state index in [0.29, 0.717) is 18.7 Å². The molecule has 7 nitrogen and oxygen atoms in total. The predicted molar refractivity (Wildman–Crippen MR) is 110 cm³/mol. The Kier molecular flexibility index (Phi) is 6.33. The number of aromatic nitrogens is 2. The minimum atomic E-state index is -3.80. The largest absolute Gasteiger partial charge is 0.462 e. The lowest BCUT2D eigenvalue weighted by atomic mass is 10.2. The number of nitrogens with zero attached hydrogens (tertiary/aromatic N) is 3. The van der Waals surface area contributed by atoms with Crippen molar-refractivity contribution >= 4 is 21.7 Å². The number of anilines is 1. The van der Waals surface area contributed by atoms with Crippen molar-refractivity contribution < 1.29 is 17.9 Å². The number of ether oxygens (including phenoxy) is 1. The van der Waals surface area contributed by atoms with Gasteiger partial charge in [0.25, 0.3) is 10.0 Å². The van der Waals surface area contributed by atoms with Crippen LogP contribution in [-0.2, 0) is 21.3 Å². The molecule has 3 rings (SSSR count). The number of rotatable bonds is 8. The van der Waals surface area contributed by atoms with E-state index < -0.39 is 16.0 Å². The summed E-state index contributed by atoms with van der Waals surface area (Å²) in [6.45, 7) is 2.79. The minimum absolute atomic E-state index is 0.0339. The summed E-state index contributed by atoms with van der Waals surface area (Å²) in [6, 6.07) is 14.9. The summed E-state index contributed by atoms with van der Waals surface area (Å²) in [6.07, 6.45) is 4.13. The quantitative estimate of drug-likeness (QED) is 0.418. The summed E-state index contributed by atoms with van der Waals surface area (Å²) in [5.74, 6) is -0.555. The highest BCUT2D eigenvalue weighted by Gasteiger charge is 2.22. The van der Waals surface area contributed by atoms with Gasteiger partial charge in [0.2, 0.25) is 0 Å². The Morgan fingerprint density at radius 1 is 1.14 bits per heavy atom. The monoisotopic (exact) mass is 413 g/mol. The molecule has 3 aromatic rings. The normalized spacial score (nSPS) is 11.2. The first-order valence-electron chi connectivity index (χ1n) is 9.18. The summed E-state index contributed by atoms with van der Waals surface area (Å²) < 4.78 is 34.1. The van der Waals surface area contributed by atoms with Gasteiger partial charge in [0.05, 0.1) is 22.8 Å². The van der Waals surface area contributed by atoms with Crippen LogP contribution in [0.4, 0.5) is 5.69 Å². The predicted octanol–water partition coefficient (Wildman–Crippen LogP) is 3.26. The van der Waals surface area contributed by atoms with Gasteiger partial charge in [-0.2, -0.15) is 5.10 Å². The van der Waals surface area contributed by atoms with Crippen LogP contribution in [0.2, 0.25) is 0 Å². The number of aryl methyl sites for hydroxylation is 2. The van der Waals surface area contributed by atoms with E-state index in [4.69, 9.17) is 4.74 Å². The molecule has 152 valence electrons. The average Bonchev–Trinajstić information content (AvgIpc) is 3.25. The molecule has 2 aromatic carbocycles. The van der Waals surface area contributed by atoms with Crippen molar-refractivity contribution in [3.8, 4) is 0 Å². The second-order valence-electron chi connectivity index (χ2n) is 6.59. The highest BCUT2D eigenvalue weighted by molar-refractivity contribution is 7.92. The van der Waals surface area contributed by atoms with Gasteiger partial charge in [-0.1, -0.05) is 23.8 Å². The zero-order chi connectivity index (χ0) is 20.9. The first kappa shape index (κ1) is 20.6. The van der Waals surface area contributed by atoms with Crippen LogP contribution >= 0.6 is 0 Å². The topological polar surface area (TPSA) is 81.5 Å². The lowest BCUT2D eigenvalue weighted by molar-refractivity contribution is 0.0494. The van der Waals surface area contributed by atoms with Crippen LogP contribution in [0.15, 0.2) is 71.9 Å². The Balaban J connectivity index is 1.67. The van der Waals surface area contributed by atoms with Crippen LogP contribution in [0.5, 0.6) is 0 Å². The summed E-state index contributed by atoms with van der Waals surface area (Å²) >= 11 is 0. The number of hydrogen-bond donors (Lipinski definition) is 0. The van der Waals surface area contributed by atoms with Crippen LogP contribution < -0.4 is 4.31 Å². The molecule has 0 aliphatic rings. The molecule has 0 atom stereocenters. The molecule has 0 amide bonds. The summed E-state index contributed by atoms with van der Waals surface area (Å²) in [5, 5.41) is 4.08. The molecule has 0 saturated heterocycles. The highest BCUT2D eigenvalue weighted by atomic mass is 32.2. The van der Waals surface area contributed by atoms with E-state index in [9.17, 15) is 13.2 Å². The van der Waals surface area contributed by atoms with Gasteiger partial charge >= 0.3 is 5.97 Å². The molecule has 0 saturated carbocycles. The van der Waals surface area contributed by atoms with Crippen molar-refractivity contribution in [3.05, 3.63) is 78.1 Å². The average molecular weight is 413 g/mol. The third-order valence-electron chi connectivity index (χ3n) is 4.45. The third-order valence-corrected chi connectivity index (χ3v) is 6.23. The standard InChI is InChI=1S/C21H23N3O4S/c1-17-8-10-19(11-9-17)23(2)29(26,27)20-7-3-6-18(16-20)21(25)28-15-5-14-24-13-4-12-22-24/h3-4,6-13,16H,5,14-15H2,1-2H3. The van der Waals surface area contributed by atoms with E-state index >= 15 is 0 Å². The number of hydrogen-bond acceptors (Lipinski definition) is 5. The minimum Gasteiger partial charge on any atom is -0.462 e. The molecular weight excluding hydrogens is 390 g/mol. The van der Waals surface area contributed by atoms with Crippen molar-refractivity contribution in [1.82, 2.24) is 9.78 Å². The molecule has 1 heterocycles. The zero-order valence-corrected chi connectivity index (χ0v) is 17.2. The Morgan fingerprint density at radius 3 is 2.59 bits per heavy atom. The van der Waals surface area contributed by atoms with Crippen molar-refractivity contribution in [2.24, 2.45) is 0 Å². The zero-order valence-electron chi connectivity index (χ0n) is 16.4. The molecule has 0 spiro atoms. The fraction of sp³-hybridized carbons (Fsp3) is 0.238. The maximum absolute atomic E-state index is 12.9. The Bertz CT molecular complexity index is 1060. The lowest BCUT2D eigenvalue weighted by Gasteiger charge is -2.20. The molecule has 0 N–H and O–H groups in total. The van der Waals surface area contributed by atoms with Crippen LogP contribution in [0, 0.1) is 6.92 Å². The van der Waals surface area contributed by atoms with Gasteiger partial charge in [0.15, 0.2) is 0 Å². The molecule has 0 radical (unpaired) electrons. The van der Waals surface area contributed by atoms with Crippen molar-refractivity contribution in [2.45, 2.75) is 24.8 Å². The molecule has 8 heteroatoms. The maximum atomic E-state index is 12.9. The second-order valence-corrected chi connectivity index (χ2v) is 8.56. The molecular formula is C21H23N3O4S. The van der Waals surface area contributed by atoms with Crippen LogP contribution in [0.25, 0.3) is 0 Å². The lowest BCUT2D eigenvalue weighted by Crippen LogP contribution is -2.26. The molecule has 29 heavy (non-hydrogen) atoms. The Hall–Kier alpha value is -3.13. The number of benzene rings is 2. The highest BCUT2D eigenvalue weighted by Crippen LogP contribution is 2.23. The summed E-state index contributed by atoms with van der Waals surface area (Å²) in [7, 11) is -2.32. The van der Waals surface area contributed by atoms with E-state index in [1.807, 2.05) is 31.3 Å². The Morgan fingerprint density at radius 2 is 1.90 bits per heavy atom.